The smallest absolute Gasteiger partial charge is 0.0992 e. The van der Waals surface area contributed by atoms with Crippen molar-refractivity contribution in [2.75, 3.05) is 13.2 Å². The van der Waals surface area contributed by atoms with Gasteiger partial charge in [-0.3, -0.25) is 4.99 Å². The minimum Gasteiger partial charge on any atom is -0.387 e. The second-order valence-corrected chi connectivity index (χ2v) is 5.29. The van der Waals surface area contributed by atoms with E-state index in [4.69, 9.17) is 10.5 Å². The van der Waals surface area contributed by atoms with Crippen LogP contribution in [0.5, 0.6) is 0 Å². The van der Waals surface area contributed by atoms with Gasteiger partial charge in [0.15, 0.2) is 0 Å². The molecule has 15 heavy (non-hydrogen) atoms. The summed E-state index contributed by atoms with van der Waals surface area (Å²) in [4.78, 5) is 4.33. The van der Waals surface area contributed by atoms with E-state index in [1.54, 1.807) is 0 Å². The third kappa shape index (κ3) is 4.65. The molecular formula is C12H24N2O. The number of hydrogen-bond acceptors (Lipinski definition) is 2. The molecule has 0 heterocycles. The van der Waals surface area contributed by atoms with Crippen LogP contribution < -0.4 is 5.73 Å². The van der Waals surface area contributed by atoms with Crippen molar-refractivity contribution in [1.29, 1.82) is 0 Å². The van der Waals surface area contributed by atoms with E-state index in [0.29, 0.717) is 19.3 Å². The van der Waals surface area contributed by atoms with Crippen LogP contribution in [0.3, 0.4) is 0 Å². The minimum atomic E-state index is -0.0205. The molecule has 0 aliphatic heterocycles. The molecule has 0 radical (unpaired) electrons. The zero-order valence-corrected chi connectivity index (χ0v) is 10.3. The summed E-state index contributed by atoms with van der Waals surface area (Å²) in [7, 11) is 0. The number of hydrogen-bond donors (Lipinski definition) is 1. The highest BCUT2D eigenvalue weighted by molar-refractivity contribution is 5.85. The monoisotopic (exact) mass is 212 g/mol. The number of ether oxygens (including phenoxy) is 1. The molecule has 2 N–H and O–H groups in total. The second kappa shape index (κ2) is 5.50. The molecule has 3 heteroatoms. The van der Waals surface area contributed by atoms with Crippen LogP contribution in [0.15, 0.2) is 4.99 Å². The van der Waals surface area contributed by atoms with Crippen molar-refractivity contribution in [3.63, 3.8) is 0 Å². The lowest BCUT2D eigenvalue weighted by atomic mass is 9.95. The summed E-state index contributed by atoms with van der Waals surface area (Å²) < 4.78 is 5.70. The van der Waals surface area contributed by atoms with E-state index in [1.807, 2.05) is 0 Å². The van der Waals surface area contributed by atoms with Crippen LogP contribution in [0.4, 0.5) is 0 Å². The third-order valence-corrected chi connectivity index (χ3v) is 2.80. The van der Waals surface area contributed by atoms with Crippen molar-refractivity contribution in [3.8, 4) is 0 Å². The van der Waals surface area contributed by atoms with E-state index in [-0.39, 0.29) is 5.41 Å². The molecule has 0 unspecified atom stereocenters. The van der Waals surface area contributed by atoms with E-state index in [2.05, 4.69) is 25.8 Å². The first kappa shape index (κ1) is 12.5. The van der Waals surface area contributed by atoms with Crippen LogP contribution in [0.1, 0.15) is 46.5 Å². The summed E-state index contributed by atoms with van der Waals surface area (Å²) in [6.45, 7) is 7.62. The average molecular weight is 212 g/mol. The van der Waals surface area contributed by atoms with Gasteiger partial charge in [-0.15, -0.1) is 0 Å². The molecule has 3 nitrogen and oxygen atoms in total. The largest absolute Gasteiger partial charge is 0.387 e. The Balaban J connectivity index is 2.15. The maximum Gasteiger partial charge on any atom is 0.0992 e. The average Bonchev–Trinajstić information content (AvgIpc) is 2.63. The Morgan fingerprint density at radius 1 is 1.33 bits per heavy atom. The van der Waals surface area contributed by atoms with Crippen LogP contribution in [0, 0.1) is 5.41 Å². The predicted octanol–water partition coefficient (Wildman–Crippen LogP) is 2.35. The molecule has 0 aromatic heterocycles. The SMILES string of the molecule is CC(C)(C)C(N)=NCCOC1CCCC1. The first-order valence-corrected chi connectivity index (χ1v) is 5.92. The van der Waals surface area contributed by atoms with Gasteiger partial charge in [0, 0.05) is 5.41 Å². The first-order valence-electron chi connectivity index (χ1n) is 5.92. The van der Waals surface area contributed by atoms with Crippen LogP contribution in [-0.4, -0.2) is 25.1 Å². The Morgan fingerprint density at radius 3 is 2.47 bits per heavy atom. The van der Waals surface area contributed by atoms with E-state index >= 15 is 0 Å². The highest BCUT2D eigenvalue weighted by atomic mass is 16.5. The van der Waals surface area contributed by atoms with Crippen molar-refractivity contribution in [3.05, 3.63) is 0 Å². The van der Waals surface area contributed by atoms with Crippen molar-refractivity contribution in [1.82, 2.24) is 0 Å². The Kier molecular flexibility index (Phi) is 4.58. The molecular weight excluding hydrogens is 188 g/mol. The maximum atomic E-state index is 5.84. The summed E-state index contributed by atoms with van der Waals surface area (Å²) in [6.07, 6.45) is 5.56. The van der Waals surface area contributed by atoms with Gasteiger partial charge in [-0.05, 0) is 12.8 Å². The van der Waals surface area contributed by atoms with Crippen molar-refractivity contribution >= 4 is 5.84 Å². The van der Waals surface area contributed by atoms with Crippen LogP contribution >= 0.6 is 0 Å². The fraction of sp³-hybridized carbons (Fsp3) is 0.917. The molecule has 1 rings (SSSR count). The van der Waals surface area contributed by atoms with E-state index in [9.17, 15) is 0 Å². The lowest BCUT2D eigenvalue weighted by molar-refractivity contribution is 0.0643. The van der Waals surface area contributed by atoms with E-state index < -0.39 is 0 Å². The van der Waals surface area contributed by atoms with E-state index in [1.165, 1.54) is 25.7 Å². The molecule has 1 aliphatic carbocycles. The normalized spacial score (nSPS) is 19.8. The van der Waals surface area contributed by atoms with Crippen molar-refractivity contribution < 1.29 is 4.74 Å². The zero-order valence-electron chi connectivity index (χ0n) is 10.3. The number of aliphatic imine (C=N–C) groups is 1. The molecule has 88 valence electrons. The lowest BCUT2D eigenvalue weighted by Crippen LogP contribution is -2.29. The minimum absolute atomic E-state index is 0.0205. The molecule has 0 bridgehead atoms. The Hall–Kier alpha value is -0.570. The van der Waals surface area contributed by atoms with E-state index in [0.717, 1.165) is 5.84 Å². The second-order valence-electron chi connectivity index (χ2n) is 5.29. The highest BCUT2D eigenvalue weighted by Gasteiger charge is 2.16. The Labute approximate surface area is 93.1 Å². The highest BCUT2D eigenvalue weighted by Crippen LogP contribution is 2.20. The summed E-state index contributed by atoms with van der Waals surface area (Å²) >= 11 is 0. The molecule has 0 spiro atoms. The maximum absolute atomic E-state index is 5.84. The topological polar surface area (TPSA) is 47.6 Å². The quantitative estimate of drug-likeness (QED) is 0.442. The van der Waals surface area contributed by atoms with Gasteiger partial charge in [0.05, 0.1) is 25.1 Å². The predicted molar refractivity (Wildman–Crippen MR) is 64.2 cm³/mol. The van der Waals surface area contributed by atoms with Gasteiger partial charge < -0.3 is 10.5 Å². The number of nitrogens with zero attached hydrogens (tertiary/aromatic N) is 1. The van der Waals surface area contributed by atoms with Crippen molar-refractivity contribution in [2.24, 2.45) is 16.1 Å². The molecule has 0 amide bonds. The fourth-order valence-corrected chi connectivity index (χ4v) is 1.68. The number of amidine groups is 1. The summed E-state index contributed by atoms with van der Waals surface area (Å²) in [5.74, 6) is 0.720. The lowest BCUT2D eigenvalue weighted by Gasteiger charge is -2.17. The molecule has 1 fully saturated rings. The van der Waals surface area contributed by atoms with Gasteiger partial charge in [0.2, 0.25) is 0 Å². The molecule has 0 atom stereocenters. The third-order valence-electron chi connectivity index (χ3n) is 2.80. The number of nitrogens with two attached hydrogens (primary N) is 1. The first-order chi connectivity index (χ1) is 7.00. The molecule has 0 aromatic carbocycles. The van der Waals surface area contributed by atoms with Crippen LogP contribution in [-0.2, 0) is 4.74 Å². The van der Waals surface area contributed by atoms with Gasteiger partial charge in [-0.1, -0.05) is 33.6 Å². The fourth-order valence-electron chi connectivity index (χ4n) is 1.68. The number of rotatable bonds is 4. The summed E-state index contributed by atoms with van der Waals surface area (Å²) in [5, 5.41) is 0. The van der Waals surface area contributed by atoms with Gasteiger partial charge in [-0.25, -0.2) is 0 Å². The van der Waals surface area contributed by atoms with Crippen LogP contribution in [0.2, 0.25) is 0 Å². The van der Waals surface area contributed by atoms with Gasteiger partial charge >= 0.3 is 0 Å². The zero-order chi connectivity index (χ0) is 11.3. The molecule has 0 saturated heterocycles. The Bertz CT molecular complexity index is 212. The summed E-state index contributed by atoms with van der Waals surface area (Å²) in [5.41, 5.74) is 5.82. The van der Waals surface area contributed by atoms with Gasteiger partial charge in [0.1, 0.15) is 0 Å². The molecule has 0 aromatic rings. The Morgan fingerprint density at radius 2 is 1.93 bits per heavy atom. The van der Waals surface area contributed by atoms with Crippen molar-refractivity contribution in [2.45, 2.75) is 52.6 Å². The van der Waals surface area contributed by atoms with Gasteiger partial charge in [0.25, 0.3) is 0 Å². The molecule has 1 saturated carbocycles. The molecule has 1 aliphatic rings. The van der Waals surface area contributed by atoms with Gasteiger partial charge in [-0.2, -0.15) is 0 Å². The summed E-state index contributed by atoms with van der Waals surface area (Å²) in [6, 6.07) is 0. The van der Waals surface area contributed by atoms with Crippen LogP contribution in [0.25, 0.3) is 0 Å². The standard InChI is InChI=1S/C12H24N2O/c1-12(2,3)11(13)14-8-9-15-10-6-4-5-7-10/h10H,4-9H2,1-3H3,(H2,13,14).